The van der Waals surface area contributed by atoms with E-state index in [1.807, 2.05) is 51.1 Å². The van der Waals surface area contributed by atoms with Gasteiger partial charge in [-0.2, -0.15) is 0 Å². The fourth-order valence-corrected chi connectivity index (χ4v) is 2.02. The van der Waals surface area contributed by atoms with Crippen LogP contribution in [0.4, 0.5) is 0 Å². The topological polar surface area (TPSA) is 46.6 Å². The number of ether oxygens (including phenoxy) is 1. The molecule has 0 aliphatic rings. The number of esters is 1. The summed E-state index contributed by atoms with van der Waals surface area (Å²) in [4.78, 5) is 25.8. The minimum Gasteiger partial charge on any atom is -0.467 e. The van der Waals surface area contributed by atoms with Crippen molar-refractivity contribution in [1.29, 1.82) is 0 Å². The van der Waals surface area contributed by atoms with Crippen LogP contribution in [0.2, 0.25) is 0 Å². The first-order chi connectivity index (χ1) is 9.27. The number of carbonyl (C=O) groups is 2. The van der Waals surface area contributed by atoms with Gasteiger partial charge in [0.1, 0.15) is 6.04 Å². The van der Waals surface area contributed by atoms with E-state index < -0.39 is 17.4 Å². The molecular formula is C16H23NO3. The molecule has 1 atom stereocenters. The van der Waals surface area contributed by atoms with Crippen molar-refractivity contribution in [2.24, 2.45) is 5.41 Å². The number of nitrogens with zero attached hydrogens (tertiary/aromatic N) is 1. The molecule has 20 heavy (non-hydrogen) atoms. The van der Waals surface area contributed by atoms with Crippen LogP contribution in [-0.4, -0.2) is 37.0 Å². The SMILES string of the molecule is COC(=O)[C@H](Cc1ccccc1)N(C)C(=O)C(C)(C)C. The summed E-state index contributed by atoms with van der Waals surface area (Å²) in [5.74, 6) is -0.474. The van der Waals surface area contributed by atoms with Crippen LogP contribution in [-0.2, 0) is 20.7 Å². The van der Waals surface area contributed by atoms with Crippen LogP contribution in [0.15, 0.2) is 30.3 Å². The maximum Gasteiger partial charge on any atom is 0.328 e. The molecule has 0 bridgehead atoms. The van der Waals surface area contributed by atoms with Gasteiger partial charge in [-0.05, 0) is 5.56 Å². The van der Waals surface area contributed by atoms with Gasteiger partial charge in [0.15, 0.2) is 0 Å². The first-order valence-corrected chi connectivity index (χ1v) is 6.66. The molecule has 0 radical (unpaired) electrons. The standard InChI is InChI=1S/C16H23NO3/c1-16(2,3)15(19)17(4)13(14(18)20-5)11-12-9-7-6-8-10-12/h6-10,13H,11H2,1-5H3/t13-/m0/s1. The average Bonchev–Trinajstić information content (AvgIpc) is 2.42. The van der Waals surface area contributed by atoms with E-state index in [0.29, 0.717) is 6.42 Å². The first-order valence-electron chi connectivity index (χ1n) is 6.66. The molecule has 0 aliphatic heterocycles. The van der Waals surface area contributed by atoms with E-state index in [1.54, 1.807) is 7.05 Å². The van der Waals surface area contributed by atoms with Gasteiger partial charge in [-0.15, -0.1) is 0 Å². The van der Waals surface area contributed by atoms with Gasteiger partial charge in [0, 0.05) is 18.9 Å². The van der Waals surface area contributed by atoms with Crippen LogP contribution >= 0.6 is 0 Å². The zero-order valence-electron chi connectivity index (χ0n) is 12.8. The summed E-state index contributed by atoms with van der Waals surface area (Å²) in [6.07, 6.45) is 0.450. The van der Waals surface area contributed by atoms with Crippen molar-refractivity contribution >= 4 is 11.9 Å². The van der Waals surface area contributed by atoms with Crippen molar-refractivity contribution < 1.29 is 14.3 Å². The third-order valence-corrected chi connectivity index (χ3v) is 3.17. The van der Waals surface area contributed by atoms with Crippen LogP contribution < -0.4 is 0 Å². The lowest BCUT2D eigenvalue weighted by Crippen LogP contribution is -2.48. The third kappa shape index (κ3) is 4.08. The molecule has 4 nitrogen and oxygen atoms in total. The molecule has 4 heteroatoms. The number of rotatable bonds is 4. The van der Waals surface area contributed by atoms with Gasteiger partial charge in [0.2, 0.25) is 5.91 Å². The fraction of sp³-hybridized carbons (Fsp3) is 0.500. The maximum atomic E-state index is 12.3. The van der Waals surface area contributed by atoms with Gasteiger partial charge >= 0.3 is 5.97 Å². The van der Waals surface area contributed by atoms with Gasteiger partial charge in [0.05, 0.1) is 7.11 Å². The predicted octanol–water partition coefficient (Wildman–Crippen LogP) is 2.28. The Bertz CT molecular complexity index is 462. The average molecular weight is 277 g/mol. The highest BCUT2D eigenvalue weighted by atomic mass is 16.5. The summed E-state index contributed by atoms with van der Waals surface area (Å²) in [5.41, 5.74) is 0.467. The second-order valence-corrected chi connectivity index (χ2v) is 5.89. The van der Waals surface area contributed by atoms with E-state index in [-0.39, 0.29) is 5.91 Å². The highest BCUT2D eigenvalue weighted by molar-refractivity contribution is 5.87. The summed E-state index contributed by atoms with van der Waals surface area (Å²) in [6.45, 7) is 5.51. The Kier molecular flexibility index (Phi) is 5.31. The Balaban J connectivity index is 2.96. The minimum atomic E-state index is -0.603. The van der Waals surface area contributed by atoms with Crippen LogP contribution in [0.5, 0.6) is 0 Å². The Morgan fingerprint density at radius 1 is 1.20 bits per heavy atom. The molecule has 1 aromatic rings. The molecule has 0 N–H and O–H groups in total. The van der Waals surface area contributed by atoms with Crippen molar-refractivity contribution in [2.45, 2.75) is 33.2 Å². The van der Waals surface area contributed by atoms with E-state index in [2.05, 4.69) is 0 Å². The highest BCUT2D eigenvalue weighted by Crippen LogP contribution is 2.20. The first kappa shape index (κ1) is 16.2. The van der Waals surface area contributed by atoms with Crippen LogP contribution in [0.3, 0.4) is 0 Å². The van der Waals surface area contributed by atoms with E-state index in [1.165, 1.54) is 12.0 Å². The van der Waals surface area contributed by atoms with Crippen molar-refractivity contribution in [3.63, 3.8) is 0 Å². The molecule has 110 valence electrons. The second kappa shape index (κ2) is 6.55. The fourth-order valence-electron chi connectivity index (χ4n) is 2.02. The van der Waals surface area contributed by atoms with Crippen molar-refractivity contribution in [3.8, 4) is 0 Å². The zero-order chi connectivity index (χ0) is 15.3. The third-order valence-electron chi connectivity index (χ3n) is 3.17. The maximum absolute atomic E-state index is 12.3. The van der Waals surface area contributed by atoms with Gasteiger partial charge in [-0.25, -0.2) is 4.79 Å². The number of hydrogen-bond acceptors (Lipinski definition) is 3. The molecule has 0 aromatic heterocycles. The second-order valence-electron chi connectivity index (χ2n) is 5.89. The number of benzene rings is 1. The van der Waals surface area contributed by atoms with Crippen molar-refractivity contribution in [1.82, 2.24) is 4.90 Å². The molecule has 1 amide bonds. The van der Waals surface area contributed by atoms with E-state index in [9.17, 15) is 9.59 Å². The summed E-state index contributed by atoms with van der Waals surface area (Å²) in [6, 6.07) is 9.01. The number of likely N-dealkylation sites (N-methyl/N-ethyl adjacent to an activating group) is 1. The van der Waals surface area contributed by atoms with Gasteiger partial charge in [-0.3, -0.25) is 4.79 Å². The Hall–Kier alpha value is -1.84. The number of amides is 1. The van der Waals surface area contributed by atoms with Crippen LogP contribution in [0.1, 0.15) is 26.3 Å². The summed E-state index contributed by atoms with van der Waals surface area (Å²) < 4.78 is 4.84. The molecule has 0 aliphatic carbocycles. The molecular weight excluding hydrogens is 254 g/mol. The predicted molar refractivity (Wildman–Crippen MR) is 78.2 cm³/mol. The van der Waals surface area contributed by atoms with Gasteiger partial charge in [0.25, 0.3) is 0 Å². The largest absolute Gasteiger partial charge is 0.467 e. The molecule has 1 aromatic carbocycles. The Morgan fingerprint density at radius 2 is 1.75 bits per heavy atom. The van der Waals surface area contributed by atoms with Crippen molar-refractivity contribution in [2.75, 3.05) is 14.2 Å². The molecule has 0 spiro atoms. The highest BCUT2D eigenvalue weighted by Gasteiger charge is 2.33. The van der Waals surface area contributed by atoms with E-state index in [0.717, 1.165) is 5.56 Å². The van der Waals surface area contributed by atoms with Gasteiger partial charge < -0.3 is 9.64 Å². The quantitative estimate of drug-likeness (QED) is 0.793. The van der Waals surface area contributed by atoms with E-state index >= 15 is 0 Å². The zero-order valence-corrected chi connectivity index (χ0v) is 12.8. The monoisotopic (exact) mass is 277 g/mol. The minimum absolute atomic E-state index is 0.0798. The van der Waals surface area contributed by atoms with E-state index in [4.69, 9.17) is 4.74 Å². The lowest BCUT2D eigenvalue weighted by molar-refractivity contribution is -0.154. The molecule has 0 saturated carbocycles. The lowest BCUT2D eigenvalue weighted by Gasteiger charge is -2.31. The Morgan fingerprint density at radius 3 is 2.20 bits per heavy atom. The summed E-state index contributed by atoms with van der Waals surface area (Å²) in [5, 5.41) is 0. The normalized spacial score (nSPS) is 12.7. The molecule has 0 heterocycles. The molecule has 0 unspecified atom stereocenters. The Labute approximate surface area is 120 Å². The van der Waals surface area contributed by atoms with Crippen molar-refractivity contribution in [3.05, 3.63) is 35.9 Å². The lowest BCUT2D eigenvalue weighted by atomic mass is 9.93. The number of carbonyl (C=O) groups excluding carboxylic acids is 2. The van der Waals surface area contributed by atoms with Crippen LogP contribution in [0, 0.1) is 5.41 Å². The molecule has 0 fully saturated rings. The number of methoxy groups -OCH3 is 1. The molecule has 0 saturated heterocycles. The smallest absolute Gasteiger partial charge is 0.328 e. The number of hydrogen-bond donors (Lipinski definition) is 0. The van der Waals surface area contributed by atoms with Gasteiger partial charge in [-0.1, -0.05) is 51.1 Å². The summed E-state index contributed by atoms with van der Waals surface area (Å²) in [7, 11) is 2.99. The summed E-state index contributed by atoms with van der Waals surface area (Å²) >= 11 is 0. The molecule has 1 rings (SSSR count). The van der Waals surface area contributed by atoms with Crippen LogP contribution in [0.25, 0.3) is 0 Å².